The number of nitrogens with one attached hydrogen (secondary N) is 1. The summed E-state index contributed by atoms with van der Waals surface area (Å²) in [5.41, 5.74) is 0.670. The Kier molecular flexibility index (Phi) is 7.61. The number of para-hydroxylation sites is 1. The van der Waals surface area contributed by atoms with Gasteiger partial charge >= 0.3 is 0 Å². The molecule has 3 rings (SSSR count). The average molecular weight is 473 g/mol. The molecule has 0 saturated carbocycles. The number of aromatic nitrogens is 3. The van der Waals surface area contributed by atoms with Crippen LogP contribution in [0.2, 0.25) is 0 Å². The molecule has 1 fully saturated rings. The first-order chi connectivity index (χ1) is 12.2. The molecule has 1 saturated heterocycles. The van der Waals surface area contributed by atoms with Crippen molar-refractivity contribution in [1.82, 2.24) is 25.0 Å². The summed E-state index contributed by atoms with van der Waals surface area (Å²) in [6.07, 6.45) is 1.67. The van der Waals surface area contributed by atoms with E-state index in [1.54, 1.807) is 12.4 Å². The molecule has 0 unspecified atom stereocenters. The highest BCUT2D eigenvalue weighted by molar-refractivity contribution is 14.0. The molecule has 1 aromatic carbocycles. The van der Waals surface area contributed by atoms with Gasteiger partial charge in [0.2, 0.25) is 0 Å². The highest BCUT2D eigenvalue weighted by Crippen LogP contribution is 2.20. The van der Waals surface area contributed by atoms with Crippen molar-refractivity contribution in [2.24, 2.45) is 12.0 Å². The Hall–Kier alpha value is -1.91. The first-order valence-corrected chi connectivity index (χ1v) is 8.54. The van der Waals surface area contributed by atoms with Gasteiger partial charge in [0.15, 0.2) is 11.8 Å². The van der Waals surface area contributed by atoms with Crippen LogP contribution < -0.4 is 10.2 Å². The van der Waals surface area contributed by atoms with Crippen LogP contribution in [0, 0.1) is 5.82 Å². The Morgan fingerprint density at radius 3 is 2.58 bits per heavy atom. The number of anilines is 1. The van der Waals surface area contributed by atoms with Crippen molar-refractivity contribution in [3.63, 3.8) is 0 Å². The molecule has 2 heterocycles. The Morgan fingerprint density at radius 1 is 1.23 bits per heavy atom. The van der Waals surface area contributed by atoms with Crippen molar-refractivity contribution < 1.29 is 4.39 Å². The Bertz CT molecular complexity index is 725. The molecule has 2 aromatic rings. The summed E-state index contributed by atoms with van der Waals surface area (Å²) in [7, 11) is 1.91. The fourth-order valence-electron chi connectivity index (χ4n) is 2.89. The van der Waals surface area contributed by atoms with E-state index in [-0.39, 0.29) is 29.8 Å². The Balaban J connectivity index is 0.00000243. The number of nitrogens with zero attached hydrogens (tertiary/aromatic N) is 6. The topological polar surface area (TPSA) is 61.6 Å². The highest BCUT2D eigenvalue weighted by atomic mass is 127. The van der Waals surface area contributed by atoms with Crippen LogP contribution in [0.25, 0.3) is 0 Å². The van der Waals surface area contributed by atoms with Gasteiger partial charge in [0, 0.05) is 39.8 Å². The molecule has 1 N–H and O–H groups in total. The van der Waals surface area contributed by atoms with Crippen molar-refractivity contribution in [1.29, 1.82) is 0 Å². The quantitative estimate of drug-likeness (QED) is 0.418. The number of aliphatic imine (C=N–C) groups is 1. The molecule has 9 heteroatoms. The standard InChI is InChI=1S/C17H24FN7.HI/c1-3-19-17(20-12-16-22-21-13-23(16)2)25-10-8-24(9-11-25)15-7-5-4-6-14(15)18;/h4-7,13H,3,8-12H2,1-2H3,(H,19,20);1H. The van der Waals surface area contributed by atoms with Gasteiger partial charge in [0.1, 0.15) is 18.7 Å². The number of hydrogen-bond donors (Lipinski definition) is 1. The minimum Gasteiger partial charge on any atom is -0.366 e. The summed E-state index contributed by atoms with van der Waals surface area (Å²) in [4.78, 5) is 8.96. The van der Waals surface area contributed by atoms with Crippen LogP contribution in [0.3, 0.4) is 0 Å². The summed E-state index contributed by atoms with van der Waals surface area (Å²) in [5.74, 6) is 1.51. The van der Waals surface area contributed by atoms with Gasteiger partial charge in [-0.15, -0.1) is 34.2 Å². The molecule has 0 bridgehead atoms. The monoisotopic (exact) mass is 473 g/mol. The lowest BCUT2D eigenvalue weighted by atomic mass is 10.2. The summed E-state index contributed by atoms with van der Waals surface area (Å²) in [6.45, 7) is 6.42. The van der Waals surface area contributed by atoms with Crippen molar-refractivity contribution >= 4 is 35.6 Å². The van der Waals surface area contributed by atoms with E-state index in [4.69, 9.17) is 0 Å². The van der Waals surface area contributed by atoms with Crippen LogP contribution in [-0.2, 0) is 13.6 Å². The van der Waals surface area contributed by atoms with Gasteiger partial charge in [0.05, 0.1) is 5.69 Å². The van der Waals surface area contributed by atoms with Gasteiger partial charge in [-0.1, -0.05) is 12.1 Å². The zero-order chi connectivity index (χ0) is 17.6. The van der Waals surface area contributed by atoms with Crippen LogP contribution in [0.1, 0.15) is 12.7 Å². The second-order valence-corrected chi connectivity index (χ2v) is 5.95. The molecular formula is C17H25FIN7. The Morgan fingerprint density at radius 2 is 1.96 bits per heavy atom. The van der Waals surface area contributed by atoms with Gasteiger partial charge < -0.3 is 19.7 Å². The van der Waals surface area contributed by atoms with E-state index in [0.29, 0.717) is 12.2 Å². The molecule has 0 aliphatic carbocycles. The number of hydrogen-bond acceptors (Lipinski definition) is 4. The number of rotatable bonds is 4. The number of piperazine rings is 1. The number of aryl methyl sites for hydroxylation is 1. The number of guanidine groups is 1. The lowest BCUT2D eigenvalue weighted by Crippen LogP contribution is -2.52. The zero-order valence-electron chi connectivity index (χ0n) is 15.1. The van der Waals surface area contributed by atoms with Gasteiger partial charge in [0.25, 0.3) is 0 Å². The molecule has 0 radical (unpaired) electrons. The van der Waals surface area contributed by atoms with Gasteiger partial charge in [-0.2, -0.15) is 0 Å². The first-order valence-electron chi connectivity index (χ1n) is 8.54. The predicted octanol–water partition coefficient (Wildman–Crippen LogP) is 1.86. The van der Waals surface area contributed by atoms with Gasteiger partial charge in [-0.25, -0.2) is 9.38 Å². The van der Waals surface area contributed by atoms with Crippen molar-refractivity contribution in [2.45, 2.75) is 13.5 Å². The van der Waals surface area contributed by atoms with Gasteiger partial charge in [-0.3, -0.25) is 0 Å². The maximum absolute atomic E-state index is 14.0. The SMILES string of the molecule is CCNC(=NCc1nncn1C)N1CCN(c2ccccc2F)CC1.I. The fourth-order valence-corrected chi connectivity index (χ4v) is 2.89. The fraction of sp³-hybridized carbons (Fsp3) is 0.471. The summed E-state index contributed by atoms with van der Waals surface area (Å²) < 4.78 is 15.8. The molecule has 0 atom stereocenters. The molecule has 7 nitrogen and oxygen atoms in total. The third kappa shape index (κ3) is 4.83. The zero-order valence-corrected chi connectivity index (χ0v) is 17.4. The summed E-state index contributed by atoms with van der Waals surface area (Å²) >= 11 is 0. The number of halogens is 2. The Labute approximate surface area is 170 Å². The van der Waals surface area contributed by atoms with Crippen LogP contribution in [-0.4, -0.2) is 58.3 Å². The predicted molar refractivity (Wildman–Crippen MR) is 111 cm³/mol. The van der Waals surface area contributed by atoms with Gasteiger partial charge in [-0.05, 0) is 19.1 Å². The van der Waals surface area contributed by atoms with E-state index >= 15 is 0 Å². The molecule has 0 amide bonds. The average Bonchev–Trinajstić information content (AvgIpc) is 3.04. The van der Waals surface area contributed by atoms with Crippen LogP contribution in [0.4, 0.5) is 10.1 Å². The molecule has 0 spiro atoms. The minimum absolute atomic E-state index is 0. The lowest BCUT2D eigenvalue weighted by molar-refractivity contribution is 0.370. The van der Waals surface area contributed by atoms with E-state index in [1.165, 1.54) is 6.07 Å². The van der Waals surface area contributed by atoms with E-state index in [0.717, 1.165) is 44.5 Å². The maximum atomic E-state index is 14.0. The van der Waals surface area contributed by atoms with Crippen molar-refractivity contribution in [3.05, 3.63) is 42.2 Å². The third-order valence-electron chi connectivity index (χ3n) is 4.28. The molecule has 1 aromatic heterocycles. The number of benzene rings is 1. The van der Waals surface area contributed by atoms with Crippen LogP contribution in [0.15, 0.2) is 35.6 Å². The normalized spacial score (nSPS) is 15.0. The van der Waals surface area contributed by atoms with E-state index < -0.39 is 0 Å². The van der Waals surface area contributed by atoms with Crippen LogP contribution >= 0.6 is 24.0 Å². The second kappa shape index (κ2) is 9.70. The smallest absolute Gasteiger partial charge is 0.194 e. The van der Waals surface area contributed by atoms with E-state index in [2.05, 4.69) is 30.3 Å². The third-order valence-corrected chi connectivity index (χ3v) is 4.28. The van der Waals surface area contributed by atoms with E-state index in [9.17, 15) is 4.39 Å². The lowest BCUT2D eigenvalue weighted by Gasteiger charge is -2.37. The molecule has 26 heavy (non-hydrogen) atoms. The maximum Gasteiger partial charge on any atom is 0.194 e. The molecular weight excluding hydrogens is 448 g/mol. The second-order valence-electron chi connectivity index (χ2n) is 5.95. The van der Waals surface area contributed by atoms with Crippen molar-refractivity contribution in [2.75, 3.05) is 37.6 Å². The first kappa shape index (κ1) is 20.4. The molecule has 142 valence electrons. The molecule has 1 aliphatic rings. The summed E-state index contributed by atoms with van der Waals surface area (Å²) in [5, 5.41) is 11.3. The largest absolute Gasteiger partial charge is 0.366 e. The van der Waals surface area contributed by atoms with E-state index in [1.807, 2.05) is 30.7 Å². The molecule has 1 aliphatic heterocycles. The van der Waals surface area contributed by atoms with Crippen molar-refractivity contribution in [3.8, 4) is 0 Å². The summed E-state index contributed by atoms with van der Waals surface area (Å²) in [6, 6.07) is 6.93. The highest BCUT2D eigenvalue weighted by Gasteiger charge is 2.21. The minimum atomic E-state index is -0.168. The van der Waals surface area contributed by atoms with Crippen LogP contribution in [0.5, 0.6) is 0 Å².